The second-order valence-corrected chi connectivity index (χ2v) is 9.19. The number of benzene rings is 1. The van der Waals surface area contributed by atoms with Gasteiger partial charge in [0.05, 0.1) is 24.0 Å². The summed E-state index contributed by atoms with van der Waals surface area (Å²) in [6.45, 7) is 1.21. The van der Waals surface area contributed by atoms with Gasteiger partial charge < -0.3 is 10.0 Å². The third kappa shape index (κ3) is 3.56. The zero-order valence-corrected chi connectivity index (χ0v) is 18.0. The van der Waals surface area contributed by atoms with Crippen molar-refractivity contribution in [2.45, 2.75) is 37.8 Å². The molecule has 8 nitrogen and oxygen atoms in total. The molecule has 1 saturated carbocycles. The van der Waals surface area contributed by atoms with E-state index in [1.165, 1.54) is 17.1 Å². The topological polar surface area (TPSA) is 93.2 Å². The van der Waals surface area contributed by atoms with Crippen LogP contribution < -0.4 is 5.56 Å². The van der Waals surface area contributed by atoms with E-state index in [4.69, 9.17) is 0 Å². The van der Waals surface area contributed by atoms with Crippen molar-refractivity contribution in [3.05, 3.63) is 51.6 Å². The second kappa shape index (κ2) is 7.31. The molecule has 1 N–H and O–H groups in total. The van der Waals surface area contributed by atoms with Crippen molar-refractivity contribution in [3.63, 3.8) is 0 Å². The number of halogens is 1. The molecule has 3 aromatic rings. The number of fused-ring (bicyclic) bond motifs is 1. The summed E-state index contributed by atoms with van der Waals surface area (Å²) in [4.78, 5) is 31.5. The molecule has 0 unspecified atom stereocenters. The number of carbonyl (C=O) groups is 1. The van der Waals surface area contributed by atoms with Gasteiger partial charge in [-0.3, -0.25) is 14.2 Å². The highest BCUT2D eigenvalue weighted by Crippen LogP contribution is 2.33. The van der Waals surface area contributed by atoms with Crippen LogP contribution in [0.25, 0.3) is 16.7 Å². The van der Waals surface area contributed by atoms with Crippen LogP contribution in [0.3, 0.4) is 0 Å². The fourth-order valence-corrected chi connectivity index (χ4v) is 4.30. The third-order valence-electron chi connectivity index (χ3n) is 6.02. The number of aliphatic hydroxyl groups is 1. The van der Waals surface area contributed by atoms with Crippen LogP contribution in [-0.4, -0.2) is 53.9 Å². The molecule has 2 aliphatic rings. The quantitative estimate of drug-likeness (QED) is 0.628. The second-order valence-electron chi connectivity index (χ2n) is 8.27. The molecule has 9 heteroatoms. The van der Waals surface area contributed by atoms with Gasteiger partial charge in [-0.1, -0.05) is 15.9 Å². The van der Waals surface area contributed by atoms with Gasteiger partial charge >= 0.3 is 0 Å². The first kappa shape index (κ1) is 19.4. The third-order valence-corrected chi connectivity index (χ3v) is 6.55. The Labute approximate surface area is 181 Å². The van der Waals surface area contributed by atoms with Gasteiger partial charge in [0.1, 0.15) is 11.7 Å². The van der Waals surface area contributed by atoms with Gasteiger partial charge in [0.25, 0.3) is 5.56 Å². The number of carbonyl (C=O) groups excluding carboxylic acids is 1. The number of piperidine rings is 1. The maximum Gasteiger partial charge on any atom is 0.264 e. The van der Waals surface area contributed by atoms with E-state index >= 15 is 0 Å². The molecule has 30 heavy (non-hydrogen) atoms. The summed E-state index contributed by atoms with van der Waals surface area (Å²) in [5, 5.41) is 15.8. The summed E-state index contributed by atoms with van der Waals surface area (Å²) in [5.74, 6) is 0.394. The predicted octanol–water partition coefficient (Wildman–Crippen LogP) is 2.11. The average Bonchev–Trinajstić information content (AvgIpc) is 3.50. The smallest absolute Gasteiger partial charge is 0.264 e. The summed E-state index contributed by atoms with van der Waals surface area (Å²) >= 11 is 3.41. The molecule has 1 saturated heterocycles. The van der Waals surface area contributed by atoms with E-state index in [-0.39, 0.29) is 23.9 Å². The highest BCUT2D eigenvalue weighted by Gasteiger charge is 2.39. The summed E-state index contributed by atoms with van der Waals surface area (Å²) in [6, 6.07) is 7.59. The Bertz CT molecular complexity index is 1160. The lowest BCUT2D eigenvalue weighted by molar-refractivity contribution is -0.137. The van der Waals surface area contributed by atoms with E-state index in [0.29, 0.717) is 37.0 Å². The molecule has 5 rings (SSSR count). The van der Waals surface area contributed by atoms with E-state index in [0.717, 1.165) is 23.0 Å². The molecule has 0 bridgehead atoms. The van der Waals surface area contributed by atoms with Crippen molar-refractivity contribution in [1.82, 2.24) is 24.2 Å². The molecule has 0 spiro atoms. The Hall–Kier alpha value is -2.52. The van der Waals surface area contributed by atoms with Crippen molar-refractivity contribution in [1.29, 1.82) is 0 Å². The van der Waals surface area contributed by atoms with Crippen LogP contribution >= 0.6 is 15.9 Å². The number of aromatic nitrogens is 4. The predicted molar refractivity (Wildman–Crippen MR) is 114 cm³/mol. The molecule has 1 amide bonds. The van der Waals surface area contributed by atoms with E-state index in [1.807, 2.05) is 29.2 Å². The van der Waals surface area contributed by atoms with Gasteiger partial charge in [0, 0.05) is 23.5 Å². The molecule has 156 valence electrons. The van der Waals surface area contributed by atoms with Crippen molar-refractivity contribution in [2.75, 3.05) is 13.1 Å². The van der Waals surface area contributed by atoms with Crippen molar-refractivity contribution < 1.29 is 9.90 Å². The first-order valence-corrected chi connectivity index (χ1v) is 10.9. The molecule has 1 aliphatic carbocycles. The molecular weight excluding hydrogens is 450 g/mol. The van der Waals surface area contributed by atoms with E-state index < -0.39 is 5.60 Å². The molecule has 0 atom stereocenters. The number of hydrogen-bond acceptors (Lipinski definition) is 5. The molecular formula is C21H22BrN5O3. The Morgan fingerprint density at radius 3 is 2.57 bits per heavy atom. The molecule has 1 aromatic carbocycles. The minimum atomic E-state index is -1.03. The van der Waals surface area contributed by atoms with Crippen molar-refractivity contribution in [3.8, 4) is 5.69 Å². The lowest BCUT2D eigenvalue weighted by atomic mass is 9.91. The van der Waals surface area contributed by atoms with Gasteiger partial charge in [-0.25, -0.2) is 9.67 Å². The highest BCUT2D eigenvalue weighted by atomic mass is 79.9. The van der Waals surface area contributed by atoms with E-state index in [9.17, 15) is 14.7 Å². The SMILES string of the molecule is O=C(C1CC1)N1CCC(O)(Cn2cnc3c(cnn3-c3ccc(Br)cc3)c2=O)CC1. The average molecular weight is 472 g/mol. The molecule has 3 heterocycles. The number of rotatable bonds is 4. The molecule has 2 aromatic heterocycles. The number of hydrogen-bond donors (Lipinski definition) is 1. The molecule has 0 radical (unpaired) electrons. The first-order valence-electron chi connectivity index (χ1n) is 10.1. The fourth-order valence-electron chi connectivity index (χ4n) is 4.04. The fraction of sp³-hybridized carbons (Fsp3) is 0.429. The van der Waals surface area contributed by atoms with E-state index in [1.54, 1.807) is 4.68 Å². The normalized spacial score (nSPS) is 18.7. The minimum absolute atomic E-state index is 0.156. The van der Waals surface area contributed by atoms with Crippen LogP contribution in [0.5, 0.6) is 0 Å². The van der Waals surface area contributed by atoms with Gasteiger partial charge in [-0.05, 0) is 49.9 Å². The number of nitrogens with zero attached hydrogens (tertiary/aromatic N) is 5. The van der Waals surface area contributed by atoms with Crippen LogP contribution in [0.15, 0.2) is 46.1 Å². The zero-order chi connectivity index (χ0) is 20.9. The summed E-state index contributed by atoms with van der Waals surface area (Å²) in [5.41, 5.74) is 0.0363. The first-order chi connectivity index (χ1) is 14.4. The van der Waals surface area contributed by atoms with Gasteiger partial charge in [0.2, 0.25) is 5.91 Å². The maximum absolute atomic E-state index is 13.0. The lowest BCUT2D eigenvalue weighted by Crippen LogP contribution is -2.50. The van der Waals surface area contributed by atoms with Crippen LogP contribution in [0, 0.1) is 5.92 Å². The minimum Gasteiger partial charge on any atom is -0.388 e. The maximum atomic E-state index is 13.0. The Morgan fingerprint density at radius 1 is 1.20 bits per heavy atom. The Morgan fingerprint density at radius 2 is 1.90 bits per heavy atom. The lowest BCUT2D eigenvalue weighted by Gasteiger charge is -2.38. The van der Waals surface area contributed by atoms with Gasteiger partial charge in [0.15, 0.2) is 5.65 Å². The number of likely N-dealkylation sites (tertiary alicyclic amines) is 1. The largest absolute Gasteiger partial charge is 0.388 e. The van der Waals surface area contributed by atoms with Gasteiger partial charge in [-0.15, -0.1) is 0 Å². The van der Waals surface area contributed by atoms with Crippen LogP contribution in [0.2, 0.25) is 0 Å². The van der Waals surface area contributed by atoms with Crippen molar-refractivity contribution >= 4 is 32.9 Å². The van der Waals surface area contributed by atoms with Crippen molar-refractivity contribution in [2.24, 2.45) is 5.92 Å². The number of amides is 1. The zero-order valence-electron chi connectivity index (χ0n) is 16.4. The Kier molecular flexibility index (Phi) is 4.74. The monoisotopic (exact) mass is 471 g/mol. The summed E-state index contributed by atoms with van der Waals surface area (Å²) < 4.78 is 4.04. The Balaban J connectivity index is 1.36. The van der Waals surface area contributed by atoms with E-state index in [2.05, 4.69) is 26.0 Å². The van der Waals surface area contributed by atoms with Crippen LogP contribution in [0.4, 0.5) is 0 Å². The van der Waals surface area contributed by atoms with Crippen LogP contribution in [-0.2, 0) is 11.3 Å². The molecule has 1 aliphatic heterocycles. The highest BCUT2D eigenvalue weighted by molar-refractivity contribution is 9.10. The van der Waals surface area contributed by atoms with Gasteiger partial charge in [-0.2, -0.15) is 5.10 Å². The summed E-state index contributed by atoms with van der Waals surface area (Å²) in [7, 11) is 0. The summed E-state index contributed by atoms with van der Waals surface area (Å²) in [6.07, 6.45) is 5.86. The molecule has 2 fully saturated rings. The van der Waals surface area contributed by atoms with Crippen LogP contribution in [0.1, 0.15) is 25.7 Å². The standard InChI is InChI=1S/C21H22BrN5O3/c22-15-3-5-16(6-4-15)27-18-17(11-24-27)20(29)26(13-23-18)12-21(30)7-9-25(10-8-21)19(28)14-1-2-14/h3-6,11,13-14,30H,1-2,7-10,12H2.